The third-order valence-corrected chi connectivity index (χ3v) is 4.74. The van der Waals surface area contributed by atoms with Crippen molar-refractivity contribution in [2.75, 3.05) is 11.9 Å². The topological polar surface area (TPSA) is 71.8 Å². The van der Waals surface area contributed by atoms with E-state index in [1.54, 1.807) is 31.7 Å². The standard InChI is InChI=1S/C18H20FN5OS/c1-13-3-4-14(10-16(13)19)9-15-11-22-18(26-15)23-17(25)21-5-2-7-24-8-6-20-12-24/h3-4,6,8,10-12H,2,5,7,9H2,1H3,(H2,21,22,23,25). The number of imidazole rings is 1. The van der Waals surface area contributed by atoms with Gasteiger partial charge in [-0.05, 0) is 30.5 Å². The van der Waals surface area contributed by atoms with E-state index in [4.69, 9.17) is 0 Å². The number of nitrogens with one attached hydrogen (secondary N) is 2. The fraction of sp³-hybridized carbons (Fsp3) is 0.278. The van der Waals surface area contributed by atoms with Gasteiger partial charge in [-0.2, -0.15) is 0 Å². The normalized spacial score (nSPS) is 10.7. The van der Waals surface area contributed by atoms with Gasteiger partial charge in [-0.25, -0.2) is 19.2 Å². The van der Waals surface area contributed by atoms with Crippen molar-refractivity contribution in [2.24, 2.45) is 0 Å². The molecule has 0 aliphatic rings. The number of amides is 2. The van der Waals surface area contributed by atoms with Crippen LogP contribution in [0, 0.1) is 12.7 Å². The summed E-state index contributed by atoms with van der Waals surface area (Å²) in [6, 6.07) is 4.92. The van der Waals surface area contributed by atoms with Crippen molar-refractivity contribution in [2.45, 2.75) is 26.3 Å². The van der Waals surface area contributed by atoms with Gasteiger partial charge in [-0.1, -0.05) is 12.1 Å². The Hall–Kier alpha value is -2.74. The maximum Gasteiger partial charge on any atom is 0.321 e. The predicted octanol–water partition coefficient (Wildman–Crippen LogP) is 3.59. The maximum absolute atomic E-state index is 13.6. The SMILES string of the molecule is Cc1ccc(Cc2cnc(NC(=O)NCCCn3ccnc3)s2)cc1F. The molecule has 0 aliphatic carbocycles. The number of carbonyl (C=O) groups excluding carboxylic acids is 1. The van der Waals surface area contributed by atoms with Crippen LogP contribution >= 0.6 is 11.3 Å². The lowest BCUT2D eigenvalue weighted by molar-refractivity contribution is 0.252. The van der Waals surface area contributed by atoms with Gasteiger partial charge in [0.05, 0.1) is 6.33 Å². The summed E-state index contributed by atoms with van der Waals surface area (Å²) in [6.45, 7) is 3.10. The van der Waals surface area contributed by atoms with Crippen LogP contribution in [0.5, 0.6) is 0 Å². The first-order chi connectivity index (χ1) is 12.6. The Balaban J connectivity index is 1.43. The Bertz CT molecular complexity index is 862. The van der Waals surface area contributed by atoms with Gasteiger partial charge in [0.25, 0.3) is 0 Å². The molecule has 0 spiro atoms. The second-order valence-electron chi connectivity index (χ2n) is 5.93. The average Bonchev–Trinajstić information content (AvgIpc) is 3.27. The van der Waals surface area contributed by atoms with Crippen molar-refractivity contribution in [1.82, 2.24) is 19.9 Å². The molecular weight excluding hydrogens is 353 g/mol. The number of benzene rings is 1. The van der Waals surface area contributed by atoms with Gasteiger partial charge in [0.1, 0.15) is 5.82 Å². The molecule has 6 nitrogen and oxygen atoms in total. The first-order valence-corrected chi connectivity index (χ1v) is 9.12. The summed E-state index contributed by atoms with van der Waals surface area (Å²) in [7, 11) is 0. The predicted molar refractivity (Wildman–Crippen MR) is 99.9 cm³/mol. The summed E-state index contributed by atoms with van der Waals surface area (Å²) in [5.74, 6) is -0.208. The van der Waals surface area contributed by atoms with Gasteiger partial charge in [-0.15, -0.1) is 11.3 Å². The molecule has 0 aliphatic heterocycles. The highest BCUT2D eigenvalue weighted by Gasteiger charge is 2.08. The third kappa shape index (κ3) is 5.13. The van der Waals surface area contributed by atoms with Crippen LogP contribution in [0.1, 0.15) is 22.4 Å². The molecule has 3 aromatic rings. The number of carbonyl (C=O) groups is 1. The first kappa shape index (κ1) is 18.1. The lowest BCUT2D eigenvalue weighted by Crippen LogP contribution is -2.29. The highest BCUT2D eigenvalue weighted by atomic mass is 32.1. The lowest BCUT2D eigenvalue weighted by atomic mass is 10.1. The molecular formula is C18H20FN5OS. The smallest absolute Gasteiger partial charge is 0.321 e. The molecule has 1 aromatic carbocycles. The minimum absolute atomic E-state index is 0.208. The van der Waals surface area contributed by atoms with Gasteiger partial charge in [0.15, 0.2) is 5.13 Å². The van der Waals surface area contributed by atoms with Crippen LogP contribution < -0.4 is 10.6 Å². The first-order valence-electron chi connectivity index (χ1n) is 8.30. The van der Waals surface area contributed by atoms with E-state index in [1.165, 1.54) is 17.4 Å². The summed E-state index contributed by atoms with van der Waals surface area (Å²) < 4.78 is 15.6. The molecule has 2 aromatic heterocycles. The van der Waals surface area contributed by atoms with Crippen LogP contribution in [0.3, 0.4) is 0 Å². The number of anilines is 1. The number of urea groups is 1. The average molecular weight is 373 g/mol. The Morgan fingerprint density at radius 1 is 1.38 bits per heavy atom. The van der Waals surface area contributed by atoms with Crippen LogP contribution in [-0.2, 0) is 13.0 Å². The van der Waals surface area contributed by atoms with Crippen molar-refractivity contribution in [3.63, 3.8) is 0 Å². The molecule has 0 radical (unpaired) electrons. The number of nitrogens with zero attached hydrogens (tertiary/aromatic N) is 3. The zero-order valence-corrected chi connectivity index (χ0v) is 15.2. The highest BCUT2D eigenvalue weighted by molar-refractivity contribution is 7.15. The van der Waals surface area contributed by atoms with Crippen molar-refractivity contribution in [3.8, 4) is 0 Å². The number of hydrogen-bond donors (Lipinski definition) is 2. The fourth-order valence-corrected chi connectivity index (χ4v) is 3.26. The van der Waals surface area contributed by atoms with Gasteiger partial charge in [0, 0.05) is 43.0 Å². The van der Waals surface area contributed by atoms with Gasteiger partial charge >= 0.3 is 6.03 Å². The number of rotatable bonds is 7. The molecule has 26 heavy (non-hydrogen) atoms. The zero-order chi connectivity index (χ0) is 18.4. The van der Waals surface area contributed by atoms with Crippen molar-refractivity contribution in [3.05, 3.63) is 64.9 Å². The minimum atomic E-state index is -0.280. The fourth-order valence-electron chi connectivity index (χ4n) is 2.42. The Kier molecular flexibility index (Phi) is 5.96. The number of halogens is 1. The van der Waals surface area contributed by atoms with E-state index in [-0.39, 0.29) is 11.8 Å². The minimum Gasteiger partial charge on any atom is -0.338 e. The highest BCUT2D eigenvalue weighted by Crippen LogP contribution is 2.22. The van der Waals surface area contributed by atoms with Crippen LogP contribution in [0.25, 0.3) is 0 Å². The molecule has 0 unspecified atom stereocenters. The van der Waals surface area contributed by atoms with E-state index in [2.05, 4.69) is 20.6 Å². The molecule has 8 heteroatoms. The monoisotopic (exact) mass is 373 g/mol. The molecule has 136 valence electrons. The van der Waals surface area contributed by atoms with Crippen molar-refractivity contribution >= 4 is 22.5 Å². The van der Waals surface area contributed by atoms with E-state index >= 15 is 0 Å². The van der Waals surface area contributed by atoms with E-state index in [0.717, 1.165) is 23.4 Å². The maximum atomic E-state index is 13.6. The van der Waals surface area contributed by atoms with E-state index < -0.39 is 0 Å². The lowest BCUT2D eigenvalue weighted by Gasteiger charge is -2.05. The van der Waals surface area contributed by atoms with Gasteiger partial charge < -0.3 is 9.88 Å². The second kappa shape index (κ2) is 8.57. The Morgan fingerprint density at radius 3 is 3.04 bits per heavy atom. The van der Waals surface area contributed by atoms with Crippen LogP contribution in [-0.4, -0.2) is 27.1 Å². The Morgan fingerprint density at radius 2 is 2.27 bits per heavy atom. The molecule has 0 fully saturated rings. The number of aryl methyl sites for hydroxylation is 2. The van der Waals surface area contributed by atoms with Gasteiger partial charge in [-0.3, -0.25) is 5.32 Å². The van der Waals surface area contributed by atoms with Crippen LogP contribution in [0.4, 0.5) is 14.3 Å². The van der Waals surface area contributed by atoms with Crippen molar-refractivity contribution < 1.29 is 9.18 Å². The molecule has 3 rings (SSSR count). The molecule has 2 heterocycles. The molecule has 2 amide bonds. The summed E-state index contributed by atoms with van der Waals surface area (Å²) >= 11 is 1.39. The van der Waals surface area contributed by atoms with E-state index in [1.807, 2.05) is 16.8 Å². The van der Waals surface area contributed by atoms with E-state index in [0.29, 0.717) is 23.7 Å². The van der Waals surface area contributed by atoms with Crippen molar-refractivity contribution in [1.29, 1.82) is 0 Å². The zero-order valence-electron chi connectivity index (χ0n) is 14.4. The largest absolute Gasteiger partial charge is 0.338 e. The van der Waals surface area contributed by atoms with Crippen LogP contribution in [0.15, 0.2) is 43.1 Å². The summed E-state index contributed by atoms with van der Waals surface area (Å²) in [5.41, 5.74) is 1.51. The molecule has 0 bridgehead atoms. The molecule has 0 atom stereocenters. The molecule has 0 saturated carbocycles. The van der Waals surface area contributed by atoms with Gasteiger partial charge in [0.2, 0.25) is 0 Å². The number of thiazole rings is 1. The third-order valence-electron chi connectivity index (χ3n) is 3.83. The Labute approximate surface area is 155 Å². The summed E-state index contributed by atoms with van der Waals surface area (Å²) in [6.07, 6.45) is 8.46. The van der Waals surface area contributed by atoms with Crippen LogP contribution in [0.2, 0.25) is 0 Å². The van der Waals surface area contributed by atoms with E-state index in [9.17, 15) is 9.18 Å². The summed E-state index contributed by atoms with van der Waals surface area (Å²) in [4.78, 5) is 21.0. The quantitative estimate of drug-likeness (QED) is 0.622. The second-order valence-corrected chi connectivity index (χ2v) is 7.04. The molecule has 2 N–H and O–H groups in total. The number of hydrogen-bond acceptors (Lipinski definition) is 4. The molecule has 0 saturated heterocycles. The summed E-state index contributed by atoms with van der Waals surface area (Å²) in [5, 5.41) is 6.05. The number of aromatic nitrogens is 3.